The largest absolute Gasteiger partial charge is 0.416 e. The predicted molar refractivity (Wildman–Crippen MR) is 94.6 cm³/mol. The number of rotatable bonds is 6. The van der Waals surface area contributed by atoms with Crippen LogP contribution >= 0.6 is 0 Å². The van der Waals surface area contributed by atoms with Gasteiger partial charge < -0.3 is 5.73 Å². The number of alkyl halides is 5. The first-order valence-corrected chi connectivity index (χ1v) is 8.47. The second-order valence-electron chi connectivity index (χ2n) is 7.73. The number of benzene rings is 1. The van der Waals surface area contributed by atoms with Crippen molar-refractivity contribution in [1.29, 1.82) is 0 Å². The van der Waals surface area contributed by atoms with Gasteiger partial charge in [-0.25, -0.2) is 8.78 Å². The highest BCUT2D eigenvalue weighted by Crippen LogP contribution is 2.38. The Morgan fingerprint density at radius 2 is 1.42 bits per heavy atom. The van der Waals surface area contributed by atoms with E-state index in [1.54, 1.807) is 20.8 Å². The topological polar surface area (TPSA) is 38.4 Å². The molecule has 1 unspecified atom stereocenters. The van der Waals surface area contributed by atoms with Gasteiger partial charge in [-0.3, -0.25) is 4.99 Å². The maximum atomic E-state index is 13.7. The number of halogens is 5. The lowest BCUT2D eigenvalue weighted by Gasteiger charge is -2.26. The van der Waals surface area contributed by atoms with Crippen LogP contribution in [0.3, 0.4) is 0 Å². The Balaban J connectivity index is 3.43. The Morgan fingerprint density at radius 1 is 0.962 bits per heavy atom. The zero-order valence-corrected chi connectivity index (χ0v) is 16.0. The first-order valence-electron chi connectivity index (χ1n) is 8.47. The molecule has 0 radical (unpaired) electrons. The highest BCUT2D eigenvalue weighted by Gasteiger charge is 2.36. The summed E-state index contributed by atoms with van der Waals surface area (Å²) in [4.78, 5) is 4.46. The maximum Gasteiger partial charge on any atom is 0.416 e. The summed E-state index contributed by atoms with van der Waals surface area (Å²) < 4.78 is 66.9. The van der Waals surface area contributed by atoms with Crippen LogP contribution in [-0.4, -0.2) is 11.8 Å². The molecule has 0 amide bonds. The molecule has 2 N–H and O–H groups in total. The Bertz CT molecular complexity index is 623. The highest BCUT2D eigenvalue weighted by atomic mass is 19.4. The van der Waals surface area contributed by atoms with Gasteiger partial charge in [0.1, 0.15) is 0 Å². The van der Waals surface area contributed by atoms with Crippen molar-refractivity contribution in [2.24, 2.45) is 16.6 Å². The SMILES string of the molecule is CC(=NC(C)(C)c1cc(C(C)(F)F)cc(C(F)(F)F)c1)C(N)CC(C)C. The van der Waals surface area contributed by atoms with Gasteiger partial charge in [0, 0.05) is 24.2 Å². The molecule has 26 heavy (non-hydrogen) atoms. The van der Waals surface area contributed by atoms with E-state index in [2.05, 4.69) is 4.99 Å². The molecule has 0 saturated heterocycles. The van der Waals surface area contributed by atoms with Crippen molar-refractivity contribution in [3.8, 4) is 0 Å². The van der Waals surface area contributed by atoms with Gasteiger partial charge in [-0.2, -0.15) is 13.2 Å². The van der Waals surface area contributed by atoms with Crippen LogP contribution in [-0.2, 0) is 17.6 Å². The minimum Gasteiger partial charge on any atom is -0.323 e. The summed E-state index contributed by atoms with van der Waals surface area (Å²) in [7, 11) is 0. The Morgan fingerprint density at radius 3 is 1.85 bits per heavy atom. The smallest absolute Gasteiger partial charge is 0.323 e. The molecule has 1 aromatic rings. The first kappa shape index (κ1) is 22.5. The molecule has 0 bridgehead atoms. The van der Waals surface area contributed by atoms with Crippen molar-refractivity contribution in [3.63, 3.8) is 0 Å². The number of nitrogens with zero attached hydrogens (tertiary/aromatic N) is 1. The van der Waals surface area contributed by atoms with Crippen LogP contribution in [0.1, 0.15) is 64.7 Å². The summed E-state index contributed by atoms with van der Waals surface area (Å²) in [6.07, 6.45) is -4.05. The zero-order chi connectivity index (χ0) is 20.5. The molecule has 0 saturated carbocycles. The first-order chi connectivity index (χ1) is 11.5. The number of nitrogens with two attached hydrogens (primary N) is 1. The fourth-order valence-corrected chi connectivity index (χ4v) is 2.66. The van der Waals surface area contributed by atoms with E-state index in [-0.39, 0.29) is 11.6 Å². The summed E-state index contributed by atoms with van der Waals surface area (Å²) in [6, 6.07) is 2.10. The van der Waals surface area contributed by atoms with Gasteiger partial charge in [-0.05, 0) is 56.9 Å². The van der Waals surface area contributed by atoms with E-state index in [1.807, 2.05) is 13.8 Å². The van der Waals surface area contributed by atoms with E-state index in [0.717, 1.165) is 12.1 Å². The second-order valence-corrected chi connectivity index (χ2v) is 7.73. The van der Waals surface area contributed by atoms with Gasteiger partial charge in [0.2, 0.25) is 0 Å². The summed E-state index contributed by atoms with van der Waals surface area (Å²) in [6.45, 7) is 9.46. The number of hydrogen-bond acceptors (Lipinski definition) is 2. The molecular formula is C19H27F5N2. The van der Waals surface area contributed by atoms with E-state index in [0.29, 0.717) is 31.0 Å². The van der Waals surface area contributed by atoms with Crippen molar-refractivity contribution in [3.05, 3.63) is 34.9 Å². The molecule has 0 spiro atoms. The average Bonchev–Trinajstić information content (AvgIpc) is 2.43. The molecule has 1 atom stereocenters. The molecule has 0 fully saturated rings. The van der Waals surface area contributed by atoms with Crippen LogP contribution < -0.4 is 5.73 Å². The van der Waals surface area contributed by atoms with Crippen LogP contribution in [0.15, 0.2) is 23.2 Å². The predicted octanol–water partition coefficient (Wildman–Crippen LogP) is 5.89. The van der Waals surface area contributed by atoms with Crippen molar-refractivity contribution >= 4 is 5.71 Å². The molecule has 0 aromatic heterocycles. The molecule has 1 aromatic carbocycles. The monoisotopic (exact) mass is 378 g/mol. The average molecular weight is 378 g/mol. The summed E-state index contributed by atoms with van der Waals surface area (Å²) >= 11 is 0. The fraction of sp³-hybridized carbons (Fsp3) is 0.632. The third-order valence-corrected chi connectivity index (χ3v) is 4.19. The van der Waals surface area contributed by atoms with Crippen molar-refractivity contribution < 1.29 is 22.0 Å². The molecule has 7 heteroatoms. The Hall–Kier alpha value is -1.50. The molecule has 0 heterocycles. The molecule has 2 nitrogen and oxygen atoms in total. The Labute approximate surface area is 151 Å². The van der Waals surface area contributed by atoms with Gasteiger partial charge in [0.15, 0.2) is 0 Å². The van der Waals surface area contributed by atoms with Crippen molar-refractivity contribution in [1.82, 2.24) is 0 Å². The van der Waals surface area contributed by atoms with E-state index >= 15 is 0 Å². The minimum atomic E-state index is -4.72. The fourth-order valence-electron chi connectivity index (χ4n) is 2.66. The second kappa shape index (κ2) is 7.62. The van der Waals surface area contributed by atoms with Crippen LogP contribution in [0.5, 0.6) is 0 Å². The van der Waals surface area contributed by atoms with E-state index in [4.69, 9.17) is 5.73 Å². The standard InChI is InChI=1S/C19H27F5N2/c1-11(2)7-16(25)12(3)26-17(4,5)13-8-14(18(6,20)21)10-15(9-13)19(22,23)24/h8-11,16H,7,25H2,1-6H3. The van der Waals surface area contributed by atoms with Crippen LogP contribution in [0.25, 0.3) is 0 Å². The van der Waals surface area contributed by atoms with Gasteiger partial charge >= 0.3 is 6.18 Å². The number of aliphatic imine (C=N–C) groups is 1. The molecule has 0 aliphatic carbocycles. The van der Waals surface area contributed by atoms with Crippen molar-refractivity contribution in [2.45, 2.75) is 71.6 Å². The van der Waals surface area contributed by atoms with Gasteiger partial charge in [-0.15, -0.1) is 0 Å². The third-order valence-electron chi connectivity index (χ3n) is 4.19. The third kappa shape index (κ3) is 6.04. The maximum absolute atomic E-state index is 13.7. The molecule has 148 valence electrons. The van der Waals surface area contributed by atoms with Crippen LogP contribution in [0.2, 0.25) is 0 Å². The van der Waals surface area contributed by atoms with Crippen LogP contribution in [0, 0.1) is 5.92 Å². The summed E-state index contributed by atoms with van der Waals surface area (Å²) in [5, 5.41) is 0. The lowest BCUT2D eigenvalue weighted by atomic mass is 9.89. The minimum absolute atomic E-state index is 0.0694. The normalized spacial score (nSPS) is 15.5. The van der Waals surface area contributed by atoms with Crippen LogP contribution in [0.4, 0.5) is 22.0 Å². The van der Waals surface area contributed by atoms with E-state index < -0.39 is 28.8 Å². The number of hydrogen-bond donors (Lipinski definition) is 1. The summed E-state index contributed by atoms with van der Waals surface area (Å²) in [5.41, 5.74) is 3.79. The van der Waals surface area contributed by atoms with Gasteiger partial charge in [0.05, 0.1) is 11.1 Å². The molecule has 0 aliphatic rings. The lowest BCUT2D eigenvalue weighted by Crippen LogP contribution is -2.32. The summed E-state index contributed by atoms with van der Waals surface area (Å²) in [5.74, 6) is -3.06. The molecule has 1 rings (SSSR count). The van der Waals surface area contributed by atoms with Crippen molar-refractivity contribution in [2.75, 3.05) is 0 Å². The highest BCUT2D eigenvalue weighted by molar-refractivity contribution is 5.87. The van der Waals surface area contributed by atoms with E-state index in [1.165, 1.54) is 0 Å². The zero-order valence-electron chi connectivity index (χ0n) is 16.0. The molecular weight excluding hydrogens is 351 g/mol. The quantitative estimate of drug-likeness (QED) is 0.487. The molecule has 0 aliphatic heterocycles. The van der Waals surface area contributed by atoms with Gasteiger partial charge in [0.25, 0.3) is 5.92 Å². The van der Waals surface area contributed by atoms with E-state index in [9.17, 15) is 22.0 Å². The van der Waals surface area contributed by atoms with Gasteiger partial charge in [-0.1, -0.05) is 13.8 Å². The lowest BCUT2D eigenvalue weighted by molar-refractivity contribution is -0.137. The Kier molecular flexibility index (Phi) is 6.61.